The van der Waals surface area contributed by atoms with Crippen molar-refractivity contribution in [1.29, 1.82) is 0 Å². The minimum absolute atomic E-state index is 0.0332. The number of aromatic nitrogens is 1. The topological polar surface area (TPSA) is 91.7 Å². The Morgan fingerprint density at radius 2 is 2.29 bits per heavy atom. The van der Waals surface area contributed by atoms with Crippen molar-refractivity contribution < 1.29 is 19.7 Å². The number of aliphatic hydroxyl groups excluding tert-OH is 2. The SMILES string of the molecule is COc1ncccc1C(O)C(O)CNC(C)=O. The van der Waals surface area contributed by atoms with Crippen molar-refractivity contribution in [1.82, 2.24) is 10.3 Å². The fourth-order valence-electron chi connectivity index (χ4n) is 1.37. The van der Waals surface area contributed by atoms with Gasteiger partial charge >= 0.3 is 0 Å². The molecule has 0 saturated carbocycles. The minimum atomic E-state index is -1.16. The van der Waals surface area contributed by atoms with Gasteiger partial charge < -0.3 is 20.3 Å². The van der Waals surface area contributed by atoms with Gasteiger partial charge in [-0.05, 0) is 12.1 Å². The van der Waals surface area contributed by atoms with Crippen LogP contribution in [0.15, 0.2) is 18.3 Å². The van der Waals surface area contributed by atoms with E-state index in [1.54, 1.807) is 12.1 Å². The summed E-state index contributed by atoms with van der Waals surface area (Å²) in [6.45, 7) is 1.30. The van der Waals surface area contributed by atoms with E-state index in [0.717, 1.165) is 0 Å². The second-order valence-corrected chi connectivity index (χ2v) is 3.55. The molecule has 17 heavy (non-hydrogen) atoms. The molecule has 94 valence electrons. The summed E-state index contributed by atoms with van der Waals surface area (Å²) in [4.78, 5) is 14.6. The highest BCUT2D eigenvalue weighted by atomic mass is 16.5. The molecule has 0 saturated heterocycles. The third kappa shape index (κ3) is 3.69. The standard InChI is InChI=1S/C11H16N2O4/c1-7(14)13-6-9(15)10(16)8-4-3-5-12-11(8)17-2/h3-5,9-10,15-16H,6H2,1-2H3,(H,13,14). The van der Waals surface area contributed by atoms with Crippen LogP contribution in [-0.2, 0) is 4.79 Å². The van der Waals surface area contributed by atoms with Gasteiger partial charge in [0.05, 0.1) is 7.11 Å². The Hall–Kier alpha value is -1.66. The maximum absolute atomic E-state index is 10.7. The first-order chi connectivity index (χ1) is 8.06. The zero-order chi connectivity index (χ0) is 12.8. The molecule has 0 aliphatic carbocycles. The molecule has 0 radical (unpaired) electrons. The van der Waals surface area contributed by atoms with Gasteiger partial charge in [-0.25, -0.2) is 4.98 Å². The molecule has 0 fully saturated rings. The Kier molecular flexibility index (Phi) is 4.86. The summed E-state index contributed by atoms with van der Waals surface area (Å²) in [5, 5.41) is 22.0. The van der Waals surface area contributed by atoms with Gasteiger partial charge in [0.2, 0.25) is 11.8 Å². The maximum Gasteiger partial charge on any atom is 0.218 e. The van der Waals surface area contributed by atoms with Crippen LogP contribution in [0.4, 0.5) is 0 Å². The monoisotopic (exact) mass is 240 g/mol. The molecule has 2 unspecified atom stereocenters. The normalized spacial score (nSPS) is 13.9. The third-order valence-electron chi connectivity index (χ3n) is 2.24. The third-order valence-corrected chi connectivity index (χ3v) is 2.24. The predicted molar refractivity (Wildman–Crippen MR) is 60.4 cm³/mol. The van der Waals surface area contributed by atoms with Gasteiger partial charge in [0.15, 0.2) is 0 Å². The number of hydrogen-bond acceptors (Lipinski definition) is 5. The molecule has 0 bridgehead atoms. The van der Waals surface area contributed by atoms with E-state index in [1.807, 2.05) is 0 Å². The van der Waals surface area contributed by atoms with Crippen molar-refractivity contribution in [2.45, 2.75) is 19.1 Å². The van der Waals surface area contributed by atoms with E-state index in [0.29, 0.717) is 5.56 Å². The summed E-state index contributed by atoms with van der Waals surface area (Å²) in [5.74, 6) is -0.0173. The van der Waals surface area contributed by atoms with Crippen molar-refractivity contribution in [2.75, 3.05) is 13.7 Å². The lowest BCUT2D eigenvalue weighted by Crippen LogP contribution is -2.34. The van der Waals surface area contributed by atoms with Crippen LogP contribution in [-0.4, -0.2) is 40.9 Å². The maximum atomic E-state index is 10.7. The van der Waals surface area contributed by atoms with Crippen LogP contribution in [0.1, 0.15) is 18.6 Å². The Bertz CT molecular complexity index is 383. The number of rotatable bonds is 5. The summed E-state index contributed by atoms with van der Waals surface area (Å²) >= 11 is 0. The van der Waals surface area contributed by atoms with Crippen molar-refractivity contribution in [2.24, 2.45) is 0 Å². The molecular formula is C11H16N2O4. The lowest BCUT2D eigenvalue weighted by molar-refractivity contribution is -0.119. The predicted octanol–water partition coefficient (Wildman–Crippen LogP) is -0.379. The molecule has 1 heterocycles. The van der Waals surface area contributed by atoms with Crippen LogP contribution >= 0.6 is 0 Å². The highest BCUT2D eigenvalue weighted by Gasteiger charge is 2.22. The van der Waals surface area contributed by atoms with E-state index in [4.69, 9.17) is 4.74 Å². The van der Waals surface area contributed by atoms with E-state index in [-0.39, 0.29) is 18.3 Å². The summed E-state index contributed by atoms with van der Waals surface area (Å²) < 4.78 is 4.97. The average Bonchev–Trinajstić information content (AvgIpc) is 2.34. The molecule has 0 aliphatic heterocycles. The molecule has 1 aromatic heterocycles. The fourth-order valence-corrected chi connectivity index (χ4v) is 1.37. The Morgan fingerprint density at radius 1 is 1.59 bits per heavy atom. The molecule has 0 aliphatic rings. The van der Waals surface area contributed by atoms with Crippen LogP contribution in [0.25, 0.3) is 0 Å². The molecule has 3 N–H and O–H groups in total. The zero-order valence-electron chi connectivity index (χ0n) is 9.75. The fraction of sp³-hybridized carbons (Fsp3) is 0.455. The first kappa shape index (κ1) is 13.4. The molecule has 6 heteroatoms. The van der Waals surface area contributed by atoms with Gasteiger partial charge in [-0.2, -0.15) is 0 Å². The second-order valence-electron chi connectivity index (χ2n) is 3.55. The number of nitrogens with zero attached hydrogens (tertiary/aromatic N) is 1. The number of pyridine rings is 1. The highest BCUT2D eigenvalue weighted by Crippen LogP contribution is 2.24. The number of carbonyl (C=O) groups excluding carboxylic acids is 1. The van der Waals surface area contributed by atoms with E-state index >= 15 is 0 Å². The number of methoxy groups -OCH3 is 1. The Labute approximate surface area is 99.3 Å². The zero-order valence-corrected chi connectivity index (χ0v) is 9.75. The van der Waals surface area contributed by atoms with Crippen LogP contribution in [0.2, 0.25) is 0 Å². The number of amides is 1. The minimum Gasteiger partial charge on any atom is -0.481 e. The Morgan fingerprint density at radius 3 is 2.88 bits per heavy atom. The number of hydrogen-bond donors (Lipinski definition) is 3. The molecule has 1 aromatic rings. The average molecular weight is 240 g/mol. The van der Waals surface area contributed by atoms with E-state index < -0.39 is 12.2 Å². The molecular weight excluding hydrogens is 224 g/mol. The van der Waals surface area contributed by atoms with Gasteiger partial charge in [-0.1, -0.05) is 0 Å². The second kappa shape index (κ2) is 6.17. The quantitative estimate of drug-likeness (QED) is 0.652. The number of carbonyl (C=O) groups is 1. The van der Waals surface area contributed by atoms with Crippen LogP contribution < -0.4 is 10.1 Å². The van der Waals surface area contributed by atoms with Gasteiger partial charge in [0.25, 0.3) is 0 Å². The molecule has 1 amide bonds. The lowest BCUT2D eigenvalue weighted by atomic mass is 10.1. The number of ether oxygens (including phenoxy) is 1. The van der Waals surface area contributed by atoms with Gasteiger partial charge in [0.1, 0.15) is 12.2 Å². The first-order valence-corrected chi connectivity index (χ1v) is 5.15. The molecule has 6 nitrogen and oxygen atoms in total. The smallest absolute Gasteiger partial charge is 0.218 e. The van der Waals surface area contributed by atoms with Crippen LogP contribution in [0, 0.1) is 0 Å². The lowest BCUT2D eigenvalue weighted by Gasteiger charge is -2.19. The van der Waals surface area contributed by atoms with Crippen molar-refractivity contribution in [3.8, 4) is 5.88 Å². The largest absolute Gasteiger partial charge is 0.481 e. The highest BCUT2D eigenvalue weighted by molar-refractivity contribution is 5.72. The van der Waals surface area contributed by atoms with Crippen molar-refractivity contribution >= 4 is 5.91 Å². The van der Waals surface area contributed by atoms with Crippen molar-refractivity contribution in [3.05, 3.63) is 23.9 Å². The summed E-state index contributed by atoms with van der Waals surface area (Å²) in [6.07, 6.45) is -0.752. The van der Waals surface area contributed by atoms with Gasteiger partial charge in [-0.15, -0.1) is 0 Å². The molecule has 2 atom stereocenters. The van der Waals surface area contributed by atoms with E-state index in [2.05, 4.69) is 10.3 Å². The van der Waals surface area contributed by atoms with E-state index in [9.17, 15) is 15.0 Å². The van der Waals surface area contributed by atoms with Crippen molar-refractivity contribution in [3.63, 3.8) is 0 Å². The first-order valence-electron chi connectivity index (χ1n) is 5.15. The van der Waals surface area contributed by atoms with Gasteiger partial charge in [-0.3, -0.25) is 4.79 Å². The number of nitrogens with one attached hydrogen (secondary N) is 1. The van der Waals surface area contributed by atoms with Gasteiger partial charge in [0, 0.05) is 25.2 Å². The number of aliphatic hydroxyl groups is 2. The molecule has 0 spiro atoms. The van der Waals surface area contributed by atoms with E-state index in [1.165, 1.54) is 20.2 Å². The van der Waals surface area contributed by atoms with Crippen LogP contribution in [0.3, 0.4) is 0 Å². The summed E-state index contributed by atoms with van der Waals surface area (Å²) in [7, 11) is 1.43. The molecule has 0 aromatic carbocycles. The Balaban J connectivity index is 2.73. The summed E-state index contributed by atoms with van der Waals surface area (Å²) in [5.41, 5.74) is 0.382. The molecule has 1 rings (SSSR count). The summed E-state index contributed by atoms with van der Waals surface area (Å²) in [6, 6.07) is 3.24. The van der Waals surface area contributed by atoms with Crippen LogP contribution in [0.5, 0.6) is 5.88 Å².